The molecule has 2 rings (SSSR count). The normalized spacial score (nSPS) is 13.0. The molecule has 0 saturated heterocycles. The van der Waals surface area contributed by atoms with Crippen LogP contribution in [0.1, 0.15) is 75.6 Å². The number of benzene rings is 2. The molecule has 2 aromatic carbocycles. The van der Waals surface area contributed by atoms with E-state index in [9.17, 15) is 0 Å². The lowest BCUT2D eigenvalue weighted by Gasteiger charge is -2.17. The van der Waals surface area contributed by atoms with Gasteiger partial charge in [-0.3, -0.25) is 9.98 Å². The highest BCUT2D eigenvalue weighted by Crippen LogP contribution is 2.35. The monoisotopic (exact) mass is 348 g/mol. The van der Waals surface area contributed by atoms with Gasteiger partial charge in [-0.15, -0.1) is 0 Å². The molecule has 0 bridgehead atoms. The maximum atomic E-state index is 5.04. The van der Waals surface area contributed by atoms with Crippen LogP contribution < -0.4 is 0 Å². The highest BCUT2D eigenvalue weighted by molar-refractivity contribution is 6.41. The van der Waals surface area contributed by atoms with Gasteiger partial charge in [0.25, 0.3) is 0 Å². The number of para-hydroxylation sites is 2. The second kappa shape index (κ2) is 8.44. The quantitative estimate of drug-likeness (QED) is 0.502. The van der Waals surface area contributed by atoms with E-state index in [1.165, 1.54) is 22.3 Å². The van der Waals surface area contributed by atoms with E-state index in [0.29, 0.717) is 11.8 Å². The standard InChI is InChI=1S/C24H32N2/c1-15(2)21-13-10-14-22(16(3)4)24(21)26-20(8)19(7)25-23-17(5)11-9-12-18(23)6/h9-16H,1-8H3. The molecular weight excluding hydrogens is 316 g/mol. The molecule has 0 heterocycles. The highest BCUT2D eigenvalue weighted by Gasteiger charge is 2.14. The molecule has 0 unspecified atom stereocenters. The molecule has 0 radical (unpaired) electrons. The largest absolute Gasteiger partial charge is 0.251 e. The van der Waals surface area contributed by atoms with Crippen LogP contribution in [0.2, 0.25) is 0 Å². The highest BCUT2D eigenvalue weighted by atomic mass is 14.8. The molecule has 0 aliphatic heterocycles. The van der Waals surface area contributed by atoms with Gasteiger partial charge in [0.05, 0.1) is 22.8 Å². The van der Waals surface area contributed by atoms with Crippen LogP contribution in [-0.4, -0.2) is 11.4 Å². The average Bonchev–Trinajstić information content (AvgIpc) is 2.57. The Morgan fingerprint density at radius 3 is 1.46 bits per heavy atom. The van der Waals surface area contributed by atoms with Crippen LogP contribution in [0, 0.1) is 13.8 Å². The van der Waals surface area contributed by atoms with Crippen molar-refractivity contribution in [1.82, 2.24) is 0 Å². The predicted octanol–water partition coefficient (Wildman–Crippen LogP) is 7.44. The third-order valence-corrected chi connectivity index (χ3v) is 4.86. The number of aliphatic imine (C=N–C) groups is 2. The molecule has 0 aromatic heterocycles. The number of nitrogens with zero attached hydrogens (tertiary/aromatic N) is 2. The zero-order valence-electron chi connectivity index (χ0n) is 17.5. The molecule has 0 aliphatic carbocycles. The van der Waals surface area contributed by atoms with E-state index < -0.39 is 0 Å². The minimum absolute atomic E-state index is 0.441. The summed E-state index contributed by atoms with van der Waals surface area (Å²) in [6.45, 7) is 17.2. The molecule has 0 aliphatic rings. The summed E-state index contributed by atoms with van der Waals surface area (Å²) >= 11 is 0. The fourth-order valence-electron chi connectivity index (χ4n) is 3.12. The Bertz CT molecular complexity index is 793. The Kier molecular flexibility index (Phi) is 6.52. The van der Waals surface area contributed by atoms with Gasteiger partial charge in [0.2, 0.25) is 0 Å². The first-order valence-corrected chi connectivity index (χ1v) is 9.52. The first kappa shape index (κ1) is 20.1. The van der Waals surface area contributed by atoms with E-state index in [2.05, 4.69) is 91.8 Å². The lowest BCUT2D eigenvalue weighted by Crippen LogP contribution is -2.06. The Labute approximate surface area is 159 Å². The molecule has 2 nitrogen and oxygen atoms in total. The van der Waals surface area contributed by atoms with E-state index in [1.54, 1.807) is 0 Å². The Morgan fingerprint density at radius 1 is 0.654 bits per heavy atom. The van der Waals surface area contributed by atoms with Crippen molar-refractivity contribution in [3.05, 3.63) is 58.7 Å². The minimum atomic E-state index is 0.441. The molecule has 0 N–H and O–H groups in total. The SMILES string of the molecule is CC(=Nc1c(C)cccc1C)C(C)=Nc1c(C(C)C)cccc1C(C)C. The van der Waals surface area contributed by atoms with Gasteiger partial charge in [0.1, 0.15) is 0 Å². The van der Waals surface area contributed by atoms with Crippen molar-refractivity contribution in [2.24, 2.45) is 9.98 Å². The van der Waals surface area contributed by atoms with Crippen molar-refractivity contribution in [1.29, 1.82) is 0 Å². The van der Waals surface area contributed by atoms with Gasteiger partial charge >= 0.3 is 0 Å². The Balaban J connectivity index is 2.54. The van der Waals surface area contributed by atoms with Crippen LogP contribution in [0.15, 0.2) is 46.4 Å². The van der Waals surface area contributed by atoms with Crippen molar-refractivity contribution in [3.63, 3.8) is 0 Å². The van der Waals surface area contributed by atoms with Crippen molar-refractivity contribution in [3.8, 4) is 0 Å². The summed E-state index contributed by atoms with van der Waals surface area (Å²) in [7, 11) is 0. The minimum Gasteiger partial charge on any atom is -0.251 e. The molecule has 0 spiro atoms. The first-order chi connectivity index (χ1) is 12.2. The van der Waals surface area contributed by atoms with Crippen molar-refractivity contribution < 1.29 is 0 Å². The number of hydrogen-bond donors (Lipinski definition) is 0. The zero-order chi connectivity index (χ0) is 19.4. The maximum Gasteiger partial charge on any atom is 0.0702 e. The number of aryl methyl sites for hydroxylation is 2. The van der Waals surface area contributed by atoms with Crippen molar-refractivity contribution in [2.75, 3.05) is 0 Å². The summed E-state index contributed by atoms with van der Waals surface area (Å²) in [5.74, 6) is 0.882. The van der Waals surface area contributed by atoms with Gasteiger partial charge in [0.15, 0.2) is 0 Å². The van der Waals surface area contributed by atoms with Gasteiger partial charge in [-0.1, -0.05) is 64.1 Å². The molecule has 0 saturated carbocycles. The molecule has 0 amide bonds. The van der Waals surface area contributed by atoms with Gasteiger partial charge in [-0.05, 0) is 61.8 Å². The smallest absolute Gasteiger partial charge is 0.0702 e. The molecule has 138 valence electrons. The number of rotatable bonds is 5. The van der Waals surface area contributed by atoms with Crippen LogP contribution in [0.4, 0.5) is 11.4 Å². The van der Waals surface area contributed by atoms with Gasteiger partial charge in [0, 0.05) is 0 Å². The summed E-state index contributed by atoms with van der Waals surface area (Å²) < 4.78 is 0. The third-order valence-electron chi connectivity index (χ3n) is 4.86. The number of hydrogen-bond acceptors (Lipinski definition) is 2. The fraction of sp³-hybridized carbons (Fsp3) is 0.417. The van der Waals surface area contributed by atoms with Crippen molar-refractivity contribution in [2.45, 2.75) is 67.2 Å². The lowest BCUT2D eigenvalue weighted by atomic mass is 9.93. The molecule has 0 fully saturated rings. The van der Waals surface area contributed by atoms with Crippen molar-refractivity contribution >= 4 is 22.8 Å². The molecule has 26 heavy (non-hydrogen) atoms. The predicted molar refractivity (Wildman–Crippen MR) is 116 cm³/mol. The summed E-state index contributed by atoms with van der Waals surface area (Å²) in [5, 5.41) is 0. The van der Waals surface area contributed by atoms with E-state index >= 15 is 0 Å². The van der Waals surface area contributed by atoms with E-state index in [4.69, 9.17) is 9.98 Å². The van der Waals surface area contributed by atoms with Crippen LogP contribution in [-0.2, 0) is 0 Å². The van der Waals surface area contributed by atoms with Gasteiger partial charge < -0.3 is 0 Å². The Morgan fingerprint density at radius 2 is 1.04 bits per heavy atom. The Hall–Kier alpha value is -2.22. The van der Waals surface area contributed by atoms with E-state index in [0.717, 1.165) is 22.8 Å². The summed E-state index contributed by atoms with van der Waals surface area (Å²) in [5.41, 5.74) is 9.11. The van der Waals surface area contributed by atoms with E-state index in [1.807, 2.05) is 0 Å². The maximum absolute atomic E-state index is 5.04. The zero-order valence-corrected chi connectivity index (χ0v) is 17.5. The molecular formula is C24H32N2. The van der Waals surface area contributed by atoms with Crippen LogP contribution in [0.3, 0.4) is 0 Å². The average molecular weight is 349 g/mol. The lowest BCUT2D eigenvalue weighted by molar-refractivity contribution is 0.835. The van der Waals surface area contributed by atoms with Gasteiger partial charge in [-0.2, -0.15) is 0 Å². The summed E-state index contributed by atoms with van der Waals surface area (Å²) in [6.07, 6.45) is 0. The summed E-state index contributed by atoms with van der Waals surface area (Å²) in [6, 6.07) is 12.8. The molecule has 2 heteroatoms. The second-order valence-corrected chi connectivity index (χ2v) is 7.73. The summed E-state index contributed by atoms with van der Waals surface area (Å²) in [4.78, 5) is 9.93. The van der Waals surface area contributed by atoms with E-state index in [-0.39, 0.29) is 0 Å². The second-order valence-electron chi connectivity index (χ2n) is 7.73. The fourth-order valence-corrected chi connectivity index (χ4v) is 3.12. The third kappa shape index (κ3) is 4.49. The van der Waals surface area contributed by atoms with Gasteiger partial charge in [-0.25, -0.2) is 0 Å². The van der Waals surface area contributed by atoms with Crippen LogP contribution in [0.5, 0.6) is 0 Å². The topological polar surface area (TPSA) is 24.7 Å². The van der Waals surface area contributed by atoms with Crippen LogP contribution in [0.25, 0.3) is 0 Å². The van der Waals surface area contributed by atoms with Crippen LogP contribution >= 0.6 is 0 Å². The molecule has 0 atom stereocenters. The first-order valence-electron chi connectivity index (χ1n) is 9.52. The molecule has 2 aromatic rings.